The molecule has 0 unspecified atom stereocenters. The summed E-state index contributed by atoms with van der Waals surface area (Å²) in [6.45, 7) is 4.13. The van der Waals surface area contributed by atoms with Crippen LogP contribution in [0.3, 0.4) is 0 Å². The van der Waals surface area contributed by atoms with Crippen molar-refractivity contribution in [1.29, 1.82) is 0 Å². The molecule has 0 saturated carbocycles. The van der Waals surface area contributed by atoms with Crippen LogP contribution in [0.15, 0.2) is 58.6 Å². The van der Waals surface area contributed by atoms with Gasteiger partial charge in [0.1, 0.15) is 5.25 Å². The first-order chi connectivity index (χ1) is 15.8. The average Bonchev–Trinajstić information content (AvgIpc) is 3.19. The fourth-order valence-electron chi connectivity index (χ4n) is 3.81. The van der Waals surface area contributed by atoms with Gasteiger partial charge in [-0.15, -0.1) is 0 Å². The van der Waals surface area contributed by atoms with Gasteiger partial charge in [0.15, 0.2) is 5.16 Å². The van der Waals surface area contributed by atoms with E-state index < -0.39 is 15.3 Å². The number of aryl methyl sites for hydroxylation is 1. The van der Waals surface area contributed by atoms with Crippen molar-refractivity contribution in [1.82, 2.24) is 18.8 Å². The highest BCUT2D eigenvalue weighted by Gasteiger charge is 2.29. The van der Waals surface area contributed by atoms with E-state index in [4.69, 9.17) is 9.72 Å². The van der Waals surface area contributed by atoms with Gasteiger partial charge in [-0.05, 0) is 30.7 Å². The van der Waals surface area contributed by atoms with Gasteiger partial charge in [-0.3, -0.25) is 4.79 Å². The molecule has 0 aliphatic carbocycles. The Morgan fingerprint density at radius 2 is 1.85 bits per heavy atom. The molecule has 0 bridgehead atoms. The lowest BCUT2D eigenvalue weighted by Gasteiger charge is -2.26. The number of hydrogen-bond donors (Lipinski definition) is 0. The highest BCUT2D eigenvalue weighted by molar-refractivity contribution is 8.00. The Morgan fingerprint density at radius 3 is 2.48 bits per heavy atom. The maximum atomic E-state index is 13.1. The van der Waals surface area contributed by atoms with Gasteiger partial charge in [0.2, 0.25) is 15.9 Å². The summed E-state index contributed by atoms with van der Waals surface area (Å²) in [5.41, 5.74) is 2.33. The number of sulfonamides is 1. The molecule has 1 aliphatic heterocycles. The molecular weight excluding hydrogens is 460 g/mol. The molecule has 33 heavy (non-hydrogen) atoms. The number of thioether (sulfide) groups is 1. The smallest absolute Gasteiger partial charge is 0.243 e. The van der Waals surface area contributed by atoms with Gasteiger partial charge in [0.05, 0.1) is 29.1 Å². The Balaban J connectivity index is 1.72. The molecule has 1 amide bonds. The maximum Gasteiger partial charge on any atom is 0.243 e. The number of ether oxygens (including phenoxy) is 1. The number of carbonyl (C=O) groups is 1. The predicted molar refractivity (Wildman–Crippen MR) is 129 cm³/mol. The lowest BCUT2D eigenvalue weighted by atomic mass is 10.1. The van der Waals surface area contributed by atoms with Gasteiger partial charge < -0.3 is 14.2 Å². The van der Waals surface area contributed by atoms with Crippen molar-refractivity contribution in [3.05, 3.63) is 54.1 Å². The molecule has 3 aromatic rings. The number of carbonyl (C=O) groups excluding carboxylic acids is 1. The number of amides is 1. The lowest BCUT2D eigenvalue weighted by Crippen LogP contribution is -2.40. The summed E-state index contributed by atoms with van der Waals surface area (Å²) in [7, 11) is -0.137. The predicted octanol–water partition coefficient (Wildman–Crippen LogP) is 3.00. The molecule has 0 radical (unpaired) electrons. The third-order valence-corrected chi connectivity index (χ3v) is 8.73. The van der Waals surface area contributed by atoms with E-state index in [0.717, 1.165) is 11.1 Å². The number of aromatic nitrogens is 2. The van der Waals surface area contributed by atoms with Crippen molar-refractivity contribution in [2.45, 2.75) is 28.8 Å². The molecular formula is C23H28N4O4S2. The van der Waals surface area contributed by atoms with Crippen molar-refractivity contribution in [3.63, 3.8) is 0 Å². The van der Waals surface area contributed by atoms with Crippen molar-refractivity contribution >= 4 is 38.7 Å². The topological polar surface area (TPSA) is 84.7 Å². The van der Waals surface area contributed by atoms with Crippen LogP contribution in [-0.2, 0) is 26.1 Å². The second kappa shape index (κ2) is 9.84. The van der Waals surface area contributed by atoms with Crippen molar-refractivity contribution in [2.75, 3.05) is 40.4 Å². The van der Waals surface area contributed by atoms with Crippen molar-refractivity contribution in [2.24, 2.45) is 0 Å². The summed E-state index contributed by atoms with van der Waals surface area (Å²) in [5, 5.41) is 0.220. The molecule has 2 aromatic carbocycles. The van der Waals surface area contributed by atoms with Crippen molar-refractivity contribution in [3.8, 4) is 0 Å². The molecule has 2 heterocycles. The largest absolute Gasteiger partial charge is 0.379 e. The van der Waals surface area contributed by atoms with Gasteiger partial charge in [0, 0.05) is 33.7 Å². The van der Waals surface area contributed by atoms with E-state index >= 15 is 0 Å². The minimum atomic E-state index is -3.62. The third-order valence-electron chi connectivity index (χ3n) is 5.60. The van der Waals surface area contributed by atoms with E-state index in [0.29, 0.717) is 43.5 Å². The van der Waals surface area contributed by atoms with Gasteiger partial charge in [0.25, 0.3) is 0 Å². The first-order valence-corrected chi connectivity index (χ1v) is 13.2. The van der Waals surface area contributed by atoms with Crippen LogP contribution in [-0.4, -0.2) is 73.5 Å². The van der Waals surface area contributed by atoms with Crippen LogP contribution in [0, 0.1) is 0 Å². The van der Waals surface area contributed by atoms with Gasteiger partial charge >= 0.3 is 0 Å². The summed E-state index contributed by atoms with van der Waals surface area (Å²) in [4.78, 5) is 19.6. The lowest BCUT2D eigenvalue weighted by molar-refractivity contribution is -0.128. The van der Waals surface area contributed by atoms with Gasteiger partial charge in [-0.1, -0.05) is 42.1 Å². The fraction of sp³-hybridized carbons (Fsp3) is 0.391. The zero-order valence-corrected chi connectivity index (χ0v) is 20.6. The molecule has 1 aliphatic rings. The zero-order valence-electron chi connectivity index (χ0n) is 19.0. The SMILES string of the molecule is CCn1c(S[C@@H](C(=O)N(C)C)c2ccccc2)nc2cc(S(=O)(=O)N3CCOCC3)ccc21. The van der Waals surface area contributed by atoms with Crippen molar-refractivity contribution < 1.29 is 17.9 Å². The highest BCUT2D eigenvalue weighted by Crippen LogP contribution is 2.38. The molecule has 1 saturated heterocycles. The Morgan fingerprint density at radius 1 is 1.15 bits per heavy atom. The van der Waals surface area contributed by atoms with Crippen LogP contribution in [0.2, 0.25) is 0 Å². The Kier molecular flexibility index (Phi) is 7.08. The van der Waals surface area contributed by atoms with Crippen LogP contribution in [0.5, 0.6) is 0 Å². The van der Waals surface area contributed by atoms with E-state index in [1.165, 1.54) is 16.1 Å². The molecule has 1 fully saturated rings. The first-order valence-electron chi connectivity index (χ1n) is 10.8. The number of imidazole rings is 1. The van der Waals surface area contributed by atoms with Crippen LogP contribution in [0.4, 0.5) is 0 Å². The van der Waals surface area contributed by atoms with Crippen LogP contribution < -0.4 is 0 Å². The van der Waals surface area contributed by atoms with E-state index in [9.17, 15) is 13.2 Å². The molecule has 8 nitrogen and oxygen atoms in total. The Hall–Kier alpha value is -2.40. The number of fused-ring (bicyclic) bond motifs is 1. The van der Waals surface area contributed by atoms with Crippen LogP contribution in [0.1, 0.15) is 17.7 Å². The van der Waals surface area contributed by atoms with Gasteiger partial charge in [-0.25, -0.2) is 13.4 Å². The quantitative estimate of drug-likeness (QED) is 0.476. The first kappa shape index (κ1) is 23.7. The molecule has 0 N–H and O–H groups in total. The molecule has 4 rings (SSSR count). The average molecular weight is 489 g/mol. The second-order valence-electron chi connectivity index (χ2n) is 7.95. The highest BCUT2D eigenvalue weighted by atomic mass is 32.2. The normalized spacial score (nSPS) is 16.1. The standard InChI is InChI=1S/C23H28N4O4S2/c1-4-27-20-11-10-18(33(29,30)26-12-14-31-15-13-26)16-19(20)24-23(27)32-21(22(28)25(2)3)17-8-6-5-7-9-17/h5-11,16,21H,4,12-15H2,1-3H3/t21-/m1/s1. The summed E-state index contributed by atoms with van der Waals surface area (Å²) in [5.74, 6) is -0.0310. The zero-order chi connectivity index (χ0) is 23.6. The Labute approximate surface area is 198 Å². The number of nitrogens with zero attached hydrogens (tertiary/aromatic N) is 4. The summed E-state index contributed by atoms with van der Waals surface area (Å²) in [6, 6.07) is 14.7. The fourth-order valence-corrected chi connectivity index (χ4v) is 6.56. The third kappa shape index (κ3) is 4.79. The minimum absolute atomic E-state index is 0.0310. The molecule has 0 spiro atoms. The van der Waals surface area contributed by atoms with E-state index in [-0.39, 0.29) is 10.8 Å². The van der Waals surface area contributed by atoms with E-state index in [1.54, 1.807) is 37.2 Å². The monoisotopic (exact) mass is 488 g/mol. The van der Waals surface area contributed by atoms with Crippen LogP contribution >= 0.6 is 11.8 Å². The molecule has 1 aromatic heterocycles. The Bertz CT molecular complexity index is 1240. The van der Waals surface area contributed by atoms with Gasteiger partial charge in [-0.2, -0.15) is 4.31 Å². The number of rotatable bonds is 7. The van der Waals surface area contributed by atoms with E-state index in [1.807, 2.05) is 41.8 Å². The minimum Gasteiger partial charge on any atom is -0.379 e. The number of morpholine rings is 1. The number of likely N-dealkylation sites (N-methyl/N-ethyl adjacent to an activating group) is 1. The summed E-state index contributed by atoms with van der Waals surface area (Å²) >= 11 is 1.38. The number of benzene rings is 2. The van der Waals surface area contributed by atoms with E-state index in [2.05, 4.69) is 0 Å². The van der Waals surface area contributed by atoms with Crippen LogP contribution in [0.25, 0.3) is 11.0 Å². The molecule has 176 valence electrons. The maximum absolute atomic E-state index is 13.1. The summed E-state index contributed by atoms with van der Waals surface area (Å²) in [6.07, 6.45) is 0. The second-order valence-corrected chi connectivity index (χ2v) is 11.0. The molecule has 10 heteroatoms. The molecule has 1 atom stereocenters. The summed E-state index contributed by atoms with van der Waals surface area (Å²) < 4.78 is 35.0. The number of hydrogen-bond acceptors (Lipinski definition) is 6.